The number of nitrogens with zero attached hydrogens (tertiary/aromatic N) is 1. The Morgan fingerprint density at radius 2 is 1.67 bits per heavy atom. The van der Waals surface area contributed by atoms with Crippen LogP contribution in [-0.2, 0) is 5.41 Å². The second-order valence-electron chi connectivity index (χ2n) is 4.45. The van der Waals surface area contributed by atoms with Gasteiger partial charge in [-0.3, -0.25) is 0 Å². The van der Waals surface area contributed by atoms with Crippen molar-refractivity contribution in [3.63, 3.8) is 0 Å². The SMILES string of the molecule is CC(C)(C)c1cc2ccccc2[n-]1.[Br-].[Mg+2]. The molecule has 2 aromatic rings. The van der Waals surface area contributed by atoms with E-state index in [9.17, 15) is 0 Å². The molecule has 1 aromatic heterocycles. The third kappa shape index (κ3) is 3.23. The van der Waals surface area contributed by atoms with Crippen molar-refractivity contribution in [1.82, 2.24) is 4.98 Å². The molecule has 0 saturated carbocycles. The number of rotatable bonds is 0. The fraction of sp³-hybridized carbons (Fsp3) is 0.333. The van der Waals surface area contributed by atoms with Gasteiger partial charge in [0.2, 0.25) is 0 Å². The van der Waals surface area contributed by atoms with Crippen molar-refractivity contribution in [2.24, 2.45) is 0 Å². The van der Waals surface area contributed by atoms with Crippen molar-refractivity contribution in [3.05, 3.63) is 36.0 Å². The van der Waals surface area contributed by atoms with Crippen LogP contribution in [0.25, 0.3) is 10.9 Å². The van der Waals surface area contributed by atoms with Gasteiger partial charge in [0.1, 0.15) is 0 Å². The molecule has 15 heavy (non-hydrogen) atoms. The Balaban J connectivity index is 0.000000980. The molecule has 0 bridgehead atoms. The van der Waals surface area contributed by atoms with Gasteiger partial charge < -0.3 is 22.0 Å². The van der Waals surface area contributed by atoms with Crippen molar-refractivity contribution >= 4 is 34.0 Å². The van der Waals surface area contributed by atoms with E-state index in [0.717, 1.165) is 5.52 Å². The van der Waals surface area contributed by atoms with E-state index in [4.69, 9.17) is 0 Å². The normalized spacial score (nSPS) is 10.6. The average molecular weight is 276 g/mol. The van der Waals surface area contributed by atoms with Crippen molar-refractivity contribution < 1.29 is 17.0 Å². The van der Waals surface area contributed by atoms with E-state index in [1.807, 2.05) is 6.07 Å². The van der Waals surface area contributed by atoms with Crippen molar-refractivity contribution in [2.45, 2.75) is 26.2 Å². The van der Waals surface area contributed by atoms with Crippen LogP contribution in [0.3, 0.4) is 0 Å². The second-order valence-corrected chi connectivity index (χ2v) is 4.45. The summed E-state index contributed by atoms with van der Waals surface area (Å²) in [5.41, 5.74) is 2.43. The van der Waals surface area contributed by atoms with Crippen molar-refractivity contribution in [3.8, 4) is 0 Å². The molecule has 0 aliphatic heterocycles. The van der Waals surface area contributed by atoms with E-state index < -0.39 is 0 Å². The van der Waals surface area contributed by atoms with E-state index in [2.05, 4.69) is 50.0 Å². The molecule has 0 unspecified atom stereocenters. The van der Waals surface area contributed by atoms with Gasteiger partial charge in [-0.2, -0.15) is 5.69 Å². The van der Waals surface area contributed by atoms with Gasteiger partial charge in [0.15, 0.2) is 0 Å². The minimum absolute atomic E-state index is 0. The summed E-state index contributed by atoms with van der Waals surface area (Å²) in [7, 11) is 0. The largest absolute Gasteiger partial charge is 2.00 e. The number of halogens is 1. The van der Waals surface area contributed by atoms with Gasteiger partial charge in [0, 0.05) is 0 Å². The minimum atomic E-state index is 0. The Morgan fingerprint density at radius 1 is 1.07 bits per heavy atom. The number of hydrogen-bond acceptors (Lipinski definition) is 0. The number of para-hydroxylation sites is 1. The standard InChI is InChI=1S/C12H14N.BrH.Mg/c1-12(2,3)11-8-9-6-4-5-7-10(9)13-11;;/h4-8H,1-3H3;1H;/q-1;;+2/p-1. The maximum atomic E-state index is 4.58. The smallest absolute Gasteiger partial charge is 1.00 e. The first-order valence-corrected chi connectivity index (χ1v) is 4.60. The van der Waals surface area contributed by atoms with Crippen LogP contribution >= 0.6 is 0 Å². The third-order valence-electron chi connectivity index (χ3n) is 2.24. The van der Waals surface area contributed by atoms with Crippen LogP contribution in [0.4, 0.5) is 0 Å². The van der Waals surface area contributed by atoms with E-state index in [1.54, 1.807) is 0 Å². The molecule has 0 amide bonds. The zero-order valence-electron chi connectivity index (χ0n) is 9.42. The molecule has 0 fully saturated rings. The average Bonchev–Trinajstić information content (AvgIpc) is 2.45. The Kier molecular flexibility index (Phi) is 5.37. The minimum Gasteiger partial charge on any atom is -1.00 e. The first-order chi connectivity index (χ1) is 6.07. The Hall–Kier alpha value is 0.00623. The van der Waals surface area contributed by atoms with E-state index in [-0.39, 0.29) is 45.4 Å². The molecule has 0 radical (unpaired) electrons. The third-order valence-corrected chi connectivity index (χ3v) is 2.24. The van der Waals surface area contributed by atoms with Crippen LogP contribution in [0.5, 0.6) is 0 Å². The molecule has 1 aromatic carbocycles. The summed E-state index contributed by atoms with van der Waals surface area (Å²) >= 11 is 0. The van der Waals surface area contributed by atoms with Gasteiger partial charge in [-0.05, 0) is 10.8 Å². The Labute approximate surface area is 118 Å². The van der Waals surface area contributed by atoms with Gasteiger partial charge in [-0.25, -0.2) is 0 Å². The summed E-state index contributed by atoms with van der Waals surface area (Å²) < 4.78 is 0. The van der Waals surface area contributed by atoms with Crippen LogP contribution in [0, 0.1) is 0 Å². The maximum Gasteiger partial charge on any atom is 2.00 e. The van der Waals surface area contributed by atoms with Crippen LogP contribution < -0.4 is 22.0 Å². The van der Waals surface area contributed by atoms with Crippen LogP contribution in [-0.4, -0.2) is 23.1 Å². The molecule has 3 heteroatoms. The second kappa shape index (κ2) is 5.37. The first kappa shape index (κ1) is 15.0. The maximum absolute atomic E-state index is 4.58. The van der Waals surface area contributed by atoms with E-state index in [1.165, 1.54) is 11.1 Å². The molecule has 0 aliphatic carbocycles. The van der Waals surface area contributed by atoms with Crippen LogP contribution in [0.2, 0.25) is 0 Å². The fourth-order valence-corrected chi connectivity index (χ4v) is 1.40. The summed E-state index contributed by atoms with van der Waals surface area (Å²) in [4.78, 5) is 4.58. The summed E-state index contributed by atoms with van der Waals surface area (Å²) in [6, 6.07) is 10.4. The van der Waals surface area contributed by atoms with Crippen molar-refractivity contribution in [1.29, 1.82) is 0 Å². The van der Waals surface area contributed by atoms with Gasteiger partial charge in [-0.1, -0.05) is 51.1 Å². The number of hydrogen-bond donors (Lipinski definition) is 0. The molecule has 0 atom stereocenters. The molecular formula is C12H14BrMgN. The number of fused-ring (bicyclic) bond motifs is 1. The van der Waals surface area contributed by atoms with Crippen LogP contribution in [0.1, 0.15) is 26.5 Å². The van der Waals surface area contributed by atoms with Gasteiger partial charge in [-0.15, -0.1) is 5.52 Å². The number of benzene rings is 1. The summed E-state index contributed by atoms with van der Waals surface area (Å²) in [5.74, 6) is 0. The molecule has 0 aliphatic rings. The molecule has 76 valence electrons. The Bertz CT molecular complexity index is 395. The van der Waals surface area contributed by atoms with Crippen molar-refractivity contribution in [2.75, 3.05) is 0 Å². The molecule has 1 nitrogen and oxygen atoms in total. The van der Waals surface area contributed by atoms with E-state index >= 15 is 0 Å². The topological polar surface area (TPSA) is 14.1 Å². The summed E-state index contributed by atoms with van der Waals surface area (Å²) in [6.07, 6.45) is 0. The molecule has 0 N–H and O–H groups in total. The fourth-order valence-electron chi connectivity index (χ4n) is 1.40. The molecule has 0 spiro atoms. The summed E-state index contributed by atoms with van der Waals surface area (Å²) in [5, 5.41) is 1.24. The number of aromatic nitrogens is 1. The molecule has 1 heterocycles. The molecular weight excluding hydrogens is 262 g/mol. The van der Waals surface area contributed by atoms with Gasteiger partial charge in [0.25, 0.3) is 0 Å². The van der Waals surface area contributed by atoms with E-state index in [0.29, 0.717) is 0 Å². The van der Waals surface area contributed by atoms with Gasteiger partial charge in [0.05, 0.1) is 0 Å². The summed E-state index contributed by atoms with van der Waals surface area (Å²) in [6.45, 7) is 6.57. The Morgan fingerprint density at radius 3 is 2.20 bits per heavy atom. The first-order valence-electron chi connectivity index (χ1n) is 4.60. The molecule has 0 saturated heterocycles. The monoisotopic (exact) mass is 275 g/mol. The zero-order valence-corrected chi connectivity index (χ0v) is 12.4. The zero-order chi connectivity index (χ0) is 9.47. The predicted octanol–water partition coefficient (Wildman–Crippen LogP) is -0.282. The van der Waals surface area contributed by atoms with Crippen LogP contribution in [0.15, 0.2) is 30.3 Å². The van der Waals surface area contributed by atoms with Gasteiger partial charge >= 0.3 is 23.1 Å². The quantitative estimate of drug-likeness (QED) is 0.604. The molecule has 2 rings (SSSR count). The predicted molar refractivity (Wildman–Crippen MR) is 61.7 cm³/mol.